The van der Waals surface area contributed by atoms with Crippen LogP contribution in [-0.4, -0.2) is 38.5 Å². The van der Waals surface area contributed by atoms with Gasteiger partial charge in [0.1, 0.15) is 0 Å². The molecule has 0 amide bonds. The molecule has 1 saturated heterocycles. The normalized spacial score (nSPS) is 23.9. The predicted octanol–water partition coefficient (Wildman–Crippen LogP) is 1.12. The van der Waals surface area contributed by atoms with Crippen LogP contribution in [0, 0.1) is 0 Å². The number of nitrogens with two attached hydrogens (primary N) is 1. The lowest BCUT2D eigenvalue weighted by molar-refractivity contribution is 0.326. The van der Waals surface area contributed by atoms with E-state index in [0.717, 1.165) is 23.8 Å². The third kappa shape index (κ3) is 3.71. The summed E-state index contributed by atoms with van der Waals surface area (Å²) >= 11 is 0. The smallest absolute Gasteiger partial charge is 0.213 e. The van der Waals surface area contributed by atoms with E-state index in [0.29, 0.717) is 6.04 Å². The summed E-state index contributed by atoms with van der Waals surface area (Å²) in [6.07, 6.45) is 3.89. The molecule has 20 heavy (non-hydrogen) atoms. The summed E-state index contributed by atoms with van der Waals surface area (Å²) < 4.78 is 22.1. The van der Waals surface area contributed by atoms with Crippen LogP contribution in [-0.2, 0) is 15.8 Å². The van der Waals surface area contributed by atoms with Gasteiger partial charge in [-0.25, -0.2) is 13.6 Å². The van der Waals surface area contributed by atoms with Gasteiger partial charge in [0, 0.05) is 30.9 Å². The van der Waals surface area contributed by atoms with Crippen molar-refractivity contribution in [3.05, 3.63) is 29.8 Å². The molecule has 5 nitrogen and oxygen atoms in total. The highest BCUT2D eigenvalue weighted by atomic mass is 32.2. The number of sulfonamides is 1. The van der Waals surface area contributed by atoms with E-state index in [1.165, 1.54) is 25.8 Å². The molecule has 1 atom stereocenters. The number of hydrogen-bond acceptors (Lipinski definition) is 4. The molecule has 3 rings (SSSR count). The minimum absolute atomic E-state index is 0.105. The van der Waals surface area contributed by atoms with E-state index < -0.39 is 10.0 Å². The zero-order valence-corrected chi connectivity index (χ0v) is 12.3. The summed E-state index contributed by atoms with van der Waals surface area (Å²) in [6, 6.07) is 8.83. The van der Waals surface area contributed by atoms with Crippen molar-refractivity contribution in [1.29, 1.82) is 0 Å². The van der Waals surface area contributed by atoms with Crippen LogP contribution in [0.15, 0.2) is 24.3 Å². The van der Waals surface area contributed by atoms with Crippen LogP contribution in [0.5, 0.6) is 0 Å². The van der Waals surface area contributed by atoms with Crippen LogP contribution >= 0.6 is 0 Å². The van der Waals surface area contributed by atoms with E-state index in [1.807, 2.05) is 24.3 Å². The van der Waals surface area contributed by atoms with Crippen LogP contribution < -0.4 is 10.5 Å². The molecule has 2 fully saturated rings. The first-order valence-electron chi connectivity index (χ1n) is 7.09. The van der Waals surface area contributed by atoms with E-state index in [-0.39, 0.29) is 5.75 Å². The van der Waals surface area contributed by atoms with Crippen LogP contribution in [0.1, 0.15) is 24.8 Å². The number of primary sulfonamides is 1. The summed E-state index contributed by atoms with van der Waals surface area (Å²) in [5, 5.41) is 8.56. The average Bonchev–Trinajstić information content (AvgIpc) is 3.11. The molecular weight excluding hydrogens is 274 g/mol. The van der Waals surface area contributed by atoms with Crippen LogP contribution in [0.4, 0.5) is 5.69 Å². The fourth-order valence-electron chi connectivity index (χ4n) is 2.84. The van der Waals surface area contributed by atoms with E-state index >= 15 is 0 Å². The van der Waals surface area contributed by atoms with Gasteiger partial charge in [0.15, 0.2) is 0 Å². The summed E-state index contributed by atoms with van der Waals surface area (Å²) in [5.41, 5.74) is 1.77. The third-order valence-corrected chi connectivity index (χ3v) is 4.71. The molecule has 0 bridgehead atoms. The van der Waals surface area contributed by atoms with Gasteiger partial charge in [-0.15, -0.1) is 0 Å². The van der Waals surface area contributed by atoms with Crippen molar-refractivity contribution in [2.45, 2.75) is 37.1 Å². The second-order valence-electron chi connectivity index (χ2n) is 5.86. The van der Waals surface area contributed by atoms with Crippen LogP contribution in [0.3, 0.4) is 0 Å². The second kappa shape index (κ2) is 5.35. The van der Waals surface area contributed by atoms with Gasteiger partial charge in [-0.05, 0) is 37.0 Å². The Kier molecular flexibility index (Phi) is 3.70. The van der Waals surface area contributed by atoms with Crippen LogP contribution in [0.25, 0.3) is 0 Å². The SMILES string of the molecule is NS(=O)(=O)Cc1ccc(NC2CCN(C3CC3)C2)cc1. The summed E-state index contributed by atoms with van der Waals surface area (Å²) in [6.45, 7) is 2.30. The van der Waals surface area contributed by atoms with Gasteiger partial charge in [0.2, 0.25) is 10.0 Å². The Balaban J connectivity index is 1.55. The largest absolute Gasteiger partial charge is 0.381 e. The van der Waals surface area contributed by atoms with E-state index in [9.17, 15) is 8.42 Å². The number of likely N-dealkylation sites (tertiary alicyclic amines) is 1. The van der Waals surface area contributed by atoms with Gasteiger partial charge < -0.3 is 5.32 Å². The Hall–Kier alpha value is -1.11. The molecule has 1 unspecified atom stereocenters. The molecule has 3 N–H and O–H groups in total. The van der Waals surface area contributed by atoms with E-state index in [2.05, 4.69) is 10.2 Å². The highest BCUT2D eigenvalue weighted by Crippen LogP contribution is 2.30. The van der Waals surface area contributed by atoms with Crippen molar-refractivity contribution >= 4 is 15.7 Å². The standard InChI is InChI=1S/C14H21N3O2S/c15-20(18,19)10-11-1-3-12(4-2-11)16-13-7-8-17(9-13)14-5-6-14/h1-4,13-14,16H,5-10H2,(H2,15,18,19). The maximum absolute atomic E-state index is 11.0. The van der Waals surface area contributed by atoms with Gasteiger partial charge in [-0.3, -0.25) is 4.90 Å². The molecule has 1 aromatic rings. The van der Waals surface area contributed by atoms with Gasteiger partial charge in [0.05, 0.1) is 5.75 Å². The molecule has 6 heteroatoms. The number of benzene rings is 1. The molecule has 1 aromatic carbocycles. The van der Waals surface area contributed by atoms with Gasteiger partial charge >= 0.3 is 0 Å². The number of rotatable bonds is 5. The lowest BCUT2D eigenvalue weighted by Gasteiger charge is -2.16. The fraction of sp³-hybridized carbons (Fsp3) is 0.571. The zero-order valence-electron chi connectivity index (χ0n) is 11.5. The molecule has 0 radical (unpaired) electrons. The fourth-order valence-corrected chi connectivity index (χ4v) is 3.50. The van der Waals surface area contributed by atoms with Crippen molar-refractivity contribution < 1.29 is 8.42 Å². The van der Waals surface area contributed by atoms with Crippen molar-refractivity contribution in [1.82, 2.24) is 4.90 Å². The maximum atomic E-state index is 11.0. The van der Waals surface area contributed by atoms with Crippen molar-refractivity contribution in [2.75, 3.05) is 18.4 Å². The Morgan fingerprint density at radius 1 is 1.20 bits per heavy atom. The number of nitrogens with one attached hydrogen (secondary N) is 1. The van der Waals surface area contributed by atoms with E-state index in [1.54, 1.807) is 0 Å². The number of anilines is 1. The topological polar surface area (TPSA) is 75.4 Å². The first kappa shape index (κ1) is 13.9. The van der Waals surface area contributed by atoms with Gasteiger partial charge in [-0.1, -0.05) is 12.1 Å². The summed E-state index contributed by atoms with van der Waals surface area (Å²) in [7, 11) is -3.45. The van der Waals surface area contributed by atoms with Crippen LogP contribution in [0.2, 0.25) is 0 Å². The quantitative estimate of drug-likeness (QED) is 0.853. The number of nitrogens with zero attached hydrogens (tertiary/aromatic N) is 1. The molecule has 1 aliphatic heterocycles. The third-order valence-electron chi connectivity index (χ3n) is 3.98. The van der Waals surface area contributed by atoms with E-state index in [4.69, 9.17) is 5.14 Å². The first-order valence-corrected chi connectivity index (χ1v) is 8.81. The Labute approximate surface area is 120 Å². The molecule has 2 aliphatic rings. The molecule has 0 spiro atoms. The lowest BCUT2D eigenvalue weighted by Crippen LogP contribution is -2.27. The predicted molar refractivity (Wildman–Crippen MR) is 79.9 cm³/mol. The van der Waals surface area contributed by atoms with Crippen molar-refractivity contribution in [2.24, 2.45) is 5.14 Å². The van der Waals surface area contributed by atoms with Gasteiger partial charge in [-0.2, -0.15) is 0 Å². The highest BCUT2D eigenvalue weighted by Gasteiger charge is 2.34. The Morgan fingerprint density at radius 3 is 2.50 bits per heavy atom. The Morgan fingerprint density at radius 2 is 1.90 bits per heavy atom. The summed E-state index contributed by atoms with van der Waals surface area (Å²) in [4.78, 5) is 2.56. The monoisotopic (exact) mass is 295 g/mol. The summed E-state index contributed by atoms with van der Waals surface area (Å²) in [5.74, 6) is -0.105. The van der Waals surface area contributed by atoms with Crippen molar-refractivity contribution in [3.63, 3.8) is 0 Å². The lowest BCUT2D eigenvalue weighted by atomic mass is 10.2. The molecule has 1 aliphatic carbocycles. The minimum atomic E-state index is -3.45. The van der Waals surface area contributed by atoms with Gasteiger partial charge in [0.25, 0.3) is 0 Å². The number of hydrogen-bond donors (Lipinski definition) is 2. The minimum Gasteiger partial charge on any atom is -0.381 e. The molecular formula is C14H21N3O2S. The maximum Gasteiger partial charge on any atom is 0.213 e. The first-order chi connectivity index (χ1) is 9.49. The molecule has 110 valence electrons. The molecule has 1 heterocycles. The molecule has 1 saturated carbocycles. The van der Waals surface area contributed by atoms with Crippen molar-refractivity contribution in [3.8, 4) is 0 Å². The highest BCUT2D eigenvalue weighted by molar-refractivity contribution is 7.88. The second-order valence-corrected chi connectivity index (χ2v) is 7.47. The average molecular weight is 295 g/mol. The zero-order chi connectivity index (χ0) is 14.2. The molecule has 0 aromatic heterocycles. The Bertz CT molecular complexity index is 567.